The van der Waals surface area contributed by atoms with Gasteiger partial charge in [-0.3, -0.25) is 0 Å². The fourth-order valence-corrected chi connectivity index (χ4v) is 6.50. The largest absolute Gasteiger partial charge is 0.508 e. The SMILES string of the molecule is CCC1CC[C@H]2[C@@H]3CCc4cc(O)c(C)cc4[C@H]3CC[C@]12C. The van der Waals surface area contributed by atoms with Gasteiger partial charge in [-0.05, 0) is 97.3 Å². The molecule has 5 atom stereocenters. The number of phenols is 1. The second kappa shape index (κ2) is 5.01. The molecule has 2 fully saturated rings. The summed E-state index contributed by atoms with van der Waals surface area (Å²) in [7, 11) is 0. The summed E-state index contributed by atoms with van der Waals surface area (Å²) in [5, 5.41) is 10.0. The van der Waals surface area contributed by atoms with Crippen molar-refractivity contribution in [3.8, 4) is 5.75 Å². The predicted molar refractivity (Wildman–Crippen MR) is 91.2 cm³/mol. The maximum atomic E-state index is 10.0. The molecule has 1 unspecified atom stereocenters. The van der Waals surface area contributed by atoms with Gasteiger partial charge in [-0.1, -0.05) is 26.3 Å². The van der Waals surface area contributed by atoms with Crippen LogP contribution in [0, 0.1) is 30.1 Å². The van der Waals surface area contributed by atoms with Crippen LogP contribution in [0.15, 0.2) is 12.1 Å². The molecule has 1 aromatic carbocycles. The molecule has 0 bridgehead atoms. The minimum atomic E-state index is 0.491. The maximum absolute atomic E-state index is 10.0. The van der Waals surface area contributed by atoms with E-state index in [0.29, 0.717) is 11.2 Å². The summed E-state index contributed by atoms with van der Waals surface area (Å²) in [5.74, 6) is 4.05. The molecule has 0 amide bonds. The summed E-state index contributed by atoms with van der Waals surface area (Å²) in [6.07, 6.45) is 9.59. The van der Waals surface area contributed by atoms with Gasteiger partial charge in [-0.15, -0.1) is 0 Å². The number of rotatable bonds is 1. The smallest absolute Gasteiger partial charge is 0.118 e. The van der Waals surface area contributed by atoms with Crippen molar-refractivity contribution in [2.24, 2.45) is 23.2 Å². The molecule has 2 saturated carbocycles. The van der Waals surface area contributed by atoms with Gasteiger partial charge in [0.2, 0.25) is 0 Å². The van der Waals surface area contributed by atoms with E-state index >= 15 is 0 Å². The molecule has 0 radical (unpaired) electrons. The minimum absolute atomic E-state index is 0.491. The van der Waals surface area contributed by atoms with E-state index in [1.165, 1.54) is 50.5 Å². The first-order chi connectivity index (χ1) is 10.5. The lowest BCUT2D eigenvalue weighted by Gasteiger charge is -2.51. The fraction of sp³-hybridized carbons (Fsp3) is 0.714. The van der Waals surface area contributed by atoms with Crippen LogP contribution < -0.4 is 0 Å². The molecule has 0 heterocycles. The molecule has 3 aliphatic carbocycles. The molecule has 3 aliphatic rings. The summed E-state index contributed by atoms with van der Waals surface area (Å²) < 4.78 is 0. The number of fused-ring (bicyclic) bond motifs is 5. The topological polar surface area (TPSA) is 20.2 Å². The van der Waals surface area contributed by atoms with E-state index in [9.17, 15) is 5.11 Å². The molecule has 0 spiro atoms. The number of phenolic OH excluding ortho intramolecular Hbond substituents is 1. The molecule has 0 saturated heterocycles. The average Bonchev–Trinajstić information content (AvgIpc) is 2.85. The standard InChI is InChI=1S/C21H30O/c1-4-15-6-8-19-17-7-5-14-12-20(22)13(2)11-18(14)16(17)9-10-21(15,19)3/h11-12,15-17,19,22H,4-10H2,1-3H3/t15?,16-,17+,19-,21+/m0/s1. The Hall–Kier alpha value is -0.980. The zero-order valence-corrected chi connectivity index (χ0v) is 14.4. The second-order valence-electron chi connectivity index (χ2n) is 8.48. The van der Waals surface area contributed by atoms with Gasteiger partial charge in [0, 0.05) is 0 Å². The van der Waals surface area contributed by atoms with Gasteiger partial charge >= 0.3 is 0 Å². The van der Waals surface area contributed by atoms with Crippen molar-refractivity contribution in [3.05, 3.63) is 28.8 Å². The highest BCUT2D eigenvalue weighted by molar-refractivity contribution is 5.45. The first kappa shape index (κ1) is 14.6. The first-order valence-corrected chi connectivity index (χ1v) is 9.37. The van der Waals surface area contributed by atoms with Gasteiger partial charge in [-0.25, -0.2) is 0 Å². The third kappa shape index (κ3) is 1.90. The molecule has 1 heteroatoms. The fourth-order valence-electron chi connectivity index (χ4n) is 6.50. The third-order valence-electron chi connectivity index (χ3n) is 7.73. The Morgan fingerprint density at radius 2 is 2.00 bits per heavy atom. The van der Waals surface area contributed by atoms with Gasteiger partial charge in [0.1, 0.15) is 5.75 Å². The Labute approximate surface area is 135 Å². The van der Waals surface area contributed by atoms with Gasteiger partial charge in [0.05, 0.1) is 0 Å². The van der Waals surface area contributed by atoms with Crippen molar-refractivity contribution in [3.63, 3.8) is 0 Å². The molecular formula is C21H30O. The Bertz CT molecular complexity index is 590. The molecule has 1 aromatic rings. The monoisotopic (exact) mass is 298 g/mol. The van der Waals surface area contributed by atoms with E-state index in [1.807, 2.05) is 0 Å². The van der Waals surface area contributed by atoms with Crippen LogP contribution in [-0.4, -0.2) is 5.11 Å². The Morgan fingerprint density at radius 3 is 2.77 bits per heavy atom. The molecule has 0 aromatic heterocycles. The molecular weight excluding hydrogens is 268 g/mol. The van der Waals surface area contributed by atoms with Crippen LogP contribution in [0.4, 0.5) is 0 Å². The van der Waals surface area contributed by atoms with E-state index < -0.39 is 0 Å². The molecule has 1 nitrogen and oxygen atoms in total. The van der Waals surface area contributed by atoms with Crippen LogP contribution in [0.5, 0.6) is 5.75 Å². The normalized spacial score (nSPS) is 40.0. The molecule has 22 heavy (non-hydrogen) atoms. The van der Waals surface area contributed by atoms with E-state index in [2.05, 4.69) is 32.9 Å². The van der Waals surface area contributed by atoms with Crippen molar-refractivity contribution in [2.45, 2.75) is 71.6 Å². The Kier molecular flexibility index (Phi) is 3.33. The van der Waals surface area contributed by atoms with Crippen molar-refractivity contribution in [1.82, 2.24) is 0 Å². The van der Waals surface area contributed by atoms with Crippen LogP contribution in [0.2, 0.25) is 0 Å². The van der Waals surface area contributed by atoms with E-state index in [-0.39, 0.29) is 0 Å². The number of hydrogen-bond donors (Lipinski definition) is 1. The van der Waals surface area contributed by atoms with Gasteiger partial charge < -0.3 is 5.11 Å². The molecule has 1 N–H and O–H groups in total. The lowest BCUT2D eigenvalue weighted by Crippen LogP contribution is -2.42. The molecule has 120 valence electrons. The number of hydrogen-bond acceptors (Lipinski definition) is 1. The summed E-state index contributed by atoms with van der Waals surface area (Å²) in [5.41, 5.74) is 4.68. The zero-order valence-electron chi connectivity index (χ0n) is 14.4. The van der Waals surface area contributed by atoms with E-state index in [0.717, 1.165) is 29.2 Å². The highest BCUT2D eigenvalue weighted by Crippen LogP contribution is 2.63. The first-order valence-electron chi connectivity index (χ1n) is 9.37. The van der Waals surface area contributed by atoms with Crippen molar-refractivity contribution >= 4 is 0 Å². The van der Waals surface area contributed by atoms with E-state index in [1.54, 1.807) is 5.56 Å². The quantitative estimate of drug-likeness (QED) is 0.717. The highest BCUT2D eigenvalue weighted by Gasteiger charge is 2.53. The average molecular weight is 298 g/mol. The summed E-state index contributed by atoms with van der Waals surface area (Å²) >= 11 is 0. The lowest BCUT2D eigenvalue weighted by atomic mass is 9.54. The van der Waals surface area contributed by atoms with Crippen molar-refractivity contribution < 1.29 is 5.11 Å². The molecule has 4 rings (SSSR count). The molecule has 0 aliphatic heterocycles. The van der Waals surface area contributed by atoms with Gasteiger partial charge in [-0.2, -0.15) is 0 Å². The van der Waals surface area contributed by atoms with Crippen LogP contribution in [-0.2, 0) is 6.42 Å². The number of benzene rings is 1. The van der Waals surface area contributed by atoms with E-state index in [4.69, 9.17) is 0 Å². The summed E-state index contributed by atoms with van der Waals surface area (Å²) in [4.78, 5) is 0. The number of aryl methyl sites for hydroxylation is 2. The van der Waals surface area contributed by atoms with Crippen molar-refractivity contribution in [1.29, 1.82) is 0 Å². The Balaban J connectivity index is 1.70. The Morgan fingerprint density at radius 1 is 1.18 bits per heavy atom. The predicted octanol–water partition coefficient (Wildman–Crippen LogP) is 5.58. The van der Waals surface area contributed by atoms with Gasteiger partial charge in [0.25, 0.3) is 0 Å². The number of aromatic hydroxyl groups is 1. The summed E-state index contributed by atoms with van der Waals surface area (Å²) in [6.45, 7) is 7.05. The lowest BCUT2D eigenvalue weighted by molar-refractivity contribution is 0.0273. The van der Waals surface area contributed by atoms with Crippen LogP contribution >= 0.6 is 0 Å². The van der Waals surface area contributed by atoms with Crippen LogP contribution in [0.1, 0.15) is 75.0 Å². The van der Waals surface area contributed by atoms with Crippen molar-refractivity contribution in [2.75, 3.05) is 0 Å². The minimum Gasteiger partial charge on any atom is -0.508 e. The maximum Gasteiger partial charge on any atom is 0.118 e. The van der Waals surface area contributed by atoms with Crippen LogP contribution in [0.3, 0.4) is 0 Å². The van der Waals surface area contributed by atoms with Crippen LogP contribution in [0.25, 0.3) is 0 Å². The third-order valence-corrected chi connectivity index (χ3v) is 7.73. The van der Waals surface area contributed by atoms with Gasteiger partial charge in [0.15, 0.2) is 0 Å². The second-order valence-corrected chi connectivity index (χ2v) is 8.48. The highest BCUT2D eigenvalue weighted by atomic mass is 16.3. The zero-order chi connectivity index (χ0) is 15.5. The summed E-state index contributed by atoms with van der Waals surface area (Å²) in [6, 6.07) is 4.36.